The molecule has 5 nitrogen and oxygen atoms in total. The normalized spacial score (nSPS) is 30.1. The molecular formula is C28H31F3N2O3. The van der Waals surface area contributed by atoms with E-state index in [4.69, 9.17) is 0 Å². The van der Waals surface area contributed by atoms with Gasteiger partial charge in [0.2, 0.25) is 5.91 Å². The number of phenols is 1. The Kier molecular flexibility index (Phi) is 5.95. The summed E-state index contributed by atoms with van der Waals surface area (Å²) in [5, 5.41) is 22.4. The molecule has 4 atom stereocenters. The zero-order valence-corrected chi connectivity index (χ0v) is 20.4. The first-order valence-electron chi connectivity index (χ1n) is 12.3. The maximum absolute atomic E-state index is 13.1. The average molecular weight is 501 g/mol. The quantitative estimate of drug-likeness (QED) is 0.615. The molecule has 0 radical (unpaired) electrons. The van der Waals surface area contributed by atoms with Crippen LogP contribution >= 0.6 is 0 Å². The molecule has 1 aliphatic heterocycles. The highest BCUT2D eigenvalue weighted by molar-refractivity contribution is 5.91. The minimum absolute atomic E-state index is 0.0361. The Morgan fingerprint density at radius 1 is 1.19 bits per heavy atom. The molecule has 8 heteroatoms. The molecule has 1 saturated heterocycles. The van der Waals surface area contributed by atoms with Crippen LogP contribution in [0.4, 0.5) is 13.2 Å². The van der Waals surface area contributed by atoms with Crippen LogP contribution in [0.5, 0.6) is 5.75 Å². The number of likely N-dealkylation sites (N-methyl/N-ethyl adjacent to an activating group) is 2. The maximum atomic E-state index is 13.1. The van der Waals surface area contributed by atoms with Crippen LogP contribution in [0, 0.1) is 0 Å². The molecule has 2 fully saturated rings. The van der Waals surface area contributed by atoms with Gasteiger partial charge in [0.25, 0.3) is 0 Å². The van der Waals surface area contributed by atoms with Crippen molar-refractivity contribution in [3.8, 4) is 5.75 Å². The van der Waals surface area contributed by atoms with Crippen LogP contribution in [-0.4, -0.2) is 64.2 Å². The SMILES string of the molecule is CN1CC[C@]23C[C@@H](N(C)C(=O)C=Cc4cccc(C(F)(F)F)c4)CC[C@]2(O)[C@H]1Cc1ccc(O)cc13. The van der Waals surface area contributed by atoms with Gasteiger partial charge in [0.1, 0.15) is 5.75 Å². The third-order valence-corrected chi connectivity index (χ3v) is 8.80. The lowest BCUT2D eigenvalue weighted by Crippen LogP contribution is -2.73. The number of carbonyl (C=O) groups is 1. The van der Waals surface area contributed by atoms with Gasteiger partial charge in [0.05, 0.1) is 11.2 Å². The number of piperidine rings is 1. The Morgan fingerprint density at radius 2 is 1.97 bits per heavy atom. The van der Waals surface area contributed by atoms with E-state index in [2.05, 4.69) is 4.90 Å². The third-order valence-electron chi connectivity index (χ3n) is 8.80. The molecule has 5 rings (SSSR count). The largest absolute Gasteiger partial charge is 0.508 e. The van der Waals surface area contributed by atoms with Crippen LogP contribution in [0.3, 0.4) is 0 Å². The first-order valence-corrected chi connectivity index (χ1v) is 12.3. The van der Waals surface area contributed by atoms with E-state index in [1.807, 2.05) is 13.1 Å². The molecule has 1 amide bonds. The summed E-state index contributed by atoms with van der Waals surface area (Å²) in [6.45, 7) is 0.807. The number of hydrogen-bond acceptors (Lipinski definition) is 4. The van der Waals surface area contributed by atoms with Crippen molar-refractivity contribution < 1.29 is 28.2 Å². The van der Waals surface area contributed by atoms with Gasteiger partial charge in [-0.25, -0.2) is 0 Å². The number of carbonyl (C=O) groups excluding carboxylic acids is 1. The number of fused-ring (bicyclic) bond motifs is 1. The second-order valence-corrected chi connectivity index (χ2v) is 10.6. The predicted molar refractivity (Wildman–Crippen MR) is 130 cm³/mol. The van der Waals surface area contributed by atoms with E-state index in [1.54, 1.807) is 24.1 Å². The maximum Gasteiger partial charge on any atom is 0.416 e. The van der Waals surface area contributed by atoms with Crippen molar-refractivity contribution in [3.05, 3.63) is 70.8 Å². The van der Waals surface area contributed by atoms with E-state index in [0.717, 1.165) is 29.8 Å². The standard InChI is InChI=1S/C28H31F3N2O3/c1-32-13-12-26-17-21(10-11-27(26,36)24(32)15-19-7-8-22(34)16-23(19)26)33(2)25(35)9-6-18-4-3-5-20(14-18)28(29,30)31/h3-9,14,16,21,24,34,36H,10-13,15,17H2,1-2H3/t21-,24+,26+,27-/m0/s1. The summed E-state index contributed by atoms with van der Waals surface area (Å²) < 4.78 is 39.1. The molecule has 1 saturated carbocycles. The lowest BCUT2D eigenvalue weighted by Gasteiger charge is -2.64. The van der Waals surface area contributed by atoms with Crippen LogP contribution in [0.1, 0.15) is 47.9 Å². The number of phenolic OH excluding ortho intramolecular Hbond substituents is 1. The van der Waals surface area contributed by atoms with E-state index in [1.165, 1.54) is 24.3 Å². The third kappa shape index (κ3) is 3.91. The van der Waals surface area contributed by atoms with Gasteiger partial charge in [0, 0.05) is 30.6 Å². The summed E-state index contributed by atoms with van der Waals surface area (Å²) in [6.07, 6.45) is 1.41. The van der Waals surface area contributed by atoms with Gasteiger partial charge in [-0.1, -0.05) is 18.2 Å². The monoisotopic (exact) mass is 500 g/mol. The lowest BCUT2D eigenvalue weighted by molar-refractivity contribution is -0.172. The van der Waals surface area contributed by atoms with Crippen LogP contribution < -0.4 is 0 Å². The fourth-order valence-electron chi connectivity index (χ4n) is 6.81. The number of benzene rings is 2. The Bertz CT molecular complexity index is 1210. The number of amides is 1. The van der Waals surface area contributed by atoms with E-state index < -0.39 is 22.8 Å². The van der Waals surface area contributed by atoms with Crippen molar-refractivity contribution in [1.29, 1.82) is 0 Å². The summed E-state index contributed by atoms with van der Waals surface area (Å²) in [7, 11) is 3.75. The van der Waals surface area contributed by atoms with Gasteiger partial charge >= 0.3 is 6.18 Å². The Labute approximate surface area is 208 Å². The number of halogens is 3. The van der Waals surface area contributed by atoms with Gasteiger partial charge in [0.15, 0.2) is 0 Å². The van der Waals surface area contributed by atoms with Crippen molar-refractivity contribution in [2.75, 3.05) is 20.6 Å². The number of hydrogen-bond donors (Lipinski definition) is 2. The number of aromatic hydroxyl groups is 1. The van der Waals surface area contributed by atoms with E-state index in [0.29, 0.717) is 37.7 Å². The Morgan fingerprint density at radius 3 is 2.72 bits per heavy atom. The van der Waals surface area contributed by atoms with Gasteiger partial charge in [-0.15, -0.1) is 0 Å². The molecular weight excluding hydrogens is 469 g/mol. The minimum Gasteiger partial charge on any atom is -0.508 e. The fraction of sp³-hybridized carbons (Fsp3) is 0.464. The highest BCUT2D eigenvalue weighted by atomic mass is 19.4. The molecule has 2 bridgehead atoms. The molecule has 1 heterocycles. The molecule has 0 aromatic heterocycles. The predicted octanol–water partition coefficient (Wildman–Crippen LogP) is 4.36. The summed E-state index contributed by atoms with van der Waals surface area (Å²) in [6, 6.07) is 10.1. The van der Waals surface area contributed by atoms with Crippen LogP contribution in [-0.2, 0) is 22.8 Å². The molecule has 0 spiro atoms. The van der Waals surface area contributed by atoms with E-state index >= 15 is 0 Å². The molecule has 2 aromatic carbocycles. The molecule has 2 aliphatic carbocycles. The molecule has 3 aliphatic rings. The number of alkyl halides is 3. The zero-order chi connectivity index (χ0) is 25.9. The van der Waals surface area contributed by atoms with Gasteiger partial charge in [-0.2, -0.15) is 13.2 Å². The van der Waals surface area contributed by atoms with Crippen LogP contribution in [0.25, 0.3) is 6.08 Å². The minimum atomic E-state index is -4.44. The topological polar surface area (TPSA) is 64.0 Å². The number of rotatable bonds is 3. The van der Waals surface area contributed by atoms with Crippen molar-refractivity contribution in [3.63, 3.8) is 0 Å². The van der Waals surface area contributed by atoms with Gasteiger partial charge < -0.3 is 20.0 Å². The first-order chi connectivity index (χ1) is 16.9. The number of likely N-dealkylation sites (tertiary alicyclic amines) is 1. The molecule has 36 heavy (non-hydrogen) atoms. The second-order valence-electron chi connectivity index (χ2n) is 10.6. The van der Waals surface area contributed by atoms with Gasteiger partial charge in [-0.05, 0) is 92.7 Å². The van der Waals surface area contributed by atoms with Crippen molar-refractivity contribution in [2.45, 2.75) is 61.4 Å². The van der Waals surface area contributed by atoms with Gasteiger partial charge in [-0.3, -0.25) is 4.79 Å². The van der Waals surface area contributed by atoms with Crippen molar-refractivity contribution >= 4 is 12.0 Å². The fourth-order valence-corrected chi connectivity index (χ4v) is 6.81. The smallest absolute Gasteiger partial charge is 0.416 e. The van der Waals surface area contributed by atoms with Crippen LogP contribution in [0.2, 0.25) is 0 Å². The summed E-state index contributed by atoms with van der Waals surface area (Å²) in [4.78, 5) is 16.9. The van der Waals surface area contributed by atoms with Crippen LogP contribution in [0.15, 0.2) is 48.5 Å². The Hall–Kier alpha value is -2.84. The second kappa shape index (κ2) is 8.63. The highest BCUT2D eigenvalue weighted by Gasteiger charge is 2.64. The lowest BCUT2D eigenvalue weighted by atomic mass is 9.49. The molecule has 2 N–H and O–H groups in total. The zero-order valence-electron chi connectivity index (χ0n) is 20.4. The Balaban J connectivity index is 1.41. The van der Waals surface area contributed by atoms with Crippen molar-refractivity contribution in [1.82, 2.24) is 9.80 Å². The highest BCUT2D eigenvalue weighted by Crippen LogP contribution is 2.58. The molecule has 2 aromatic rings. The molecule has 192 valence electrons. The van der Waals surface area contributed by atoms with E-state index in [-0.39, 0.29) is 23.7 Å². The number of nitrogens with zero attached hydrogens (tertiary/aromatic N) is 2. The van der Waals surface area contributed by atoms with E-state index in [9.17, 15) is 28.2 Å². The average Bonchev–Trinajstić information content (AvgIpc) is 2.84. The number of aliphatic hydroxyl groups is 1. The summed E-state index contributed by atoms with van der Waals surface area (Å²) in [5.74, 6) is -0.130. The summed E-state index contributed by atoms with van der Waals surface area (Å²) in [5.41, 5.74) is 0.0889. The molecule has 0 unspecified atom stereocenters. The first kappa shape index (κ1) is 24.8. The summed E-state index contributed by atoms with van der Waals surface area (Å²) >= 11 is 0. The van der Waals surface area contributed by atoms with Crippen molar-refractivity contribution in [2.24, 2.45) is 0 Å².